The molecule has 4 N–H and O–H groups in total. The lowest BCUT2D eigenvalue weighted by Crippen LogP contribution is -2.17. The molecule has 90 valence electrons. The number of aromatic hydroxyl groups is 1. The monoisotopic (exact) mass is 244 g/mol. The van der Waals surface area contributed by atoms with E-state index in [1.54, 1.807) is 12.1 Å². The Labute approximate surface area is 100 Å². The van der Waals surface area contributed by atoms with Gasteiger partial charge in [-0.3, -0.25) is 0 Å². The molecule has 0 heterocycles. The number of nitrogens with two attached hydrogens (primary N) is 1. The molecule has 16 heavy (non-hydrogen) atoms. The van der Waals surface area contributed by atoms with Crippen LogP contribution in [0.3, 0.4) is 0 Å². The maximum Gasteiger partial charge on any atom is 0.162 e. The van der Waals surface area contributed by atoms with Gasteiger partial charge in [0.1, 0.15) is 0 Å². The van der Waals surface area contributed by atoms with E-state index < -0.39 is 0 Å². The van der Waals surface area contributed by atoms with Crippen LogP contribution in [0.5, 0.6) is 11.5 Å². The Morgan fingerprint density at radius 1 is 1.50 bits per heavy atom. The molecule has 0 unspecified atom stereocenters. The second-order valence-corrected chi connectivity index (χ2v) is 3.87. The Balaban J connectivity index is 2.67. The smallest absolute Gasteiger partial charge is 0.162 e. The van der Waals surface area contributed by atoms with Crippen LogP contribution in [0.1, 0.15) is 12.0 Å². The molecular formula is C11H17ClN2O2. The summed E-state index contributed by atoms with van der Waals surface area (Å²) in [4.78, 5) is 0. The van der Waals surface area contributed by atoms with Crippen molar-refractivity contribution >= 4 is 11.6 Å². The second-order valence-electron chi connectivity index (χ2n) is 3.43. The summed E-state index contributed by atoms with van der Waals surface area (Å²) < 4.78 is 5.01. The van der Waals surface area contributed by atoms with Gasteiger partial charge in [-0.15, -0.1) is 0 Å². The molecule has 0 amide bonds. The van der Waals surface area contributed by atoms with Crippen molar-refractivity contribution in [1.29, 1.82) is 0 Å². The van der Waals surface area contributed by atoms with E-state index >= 15 is 0 Å². The summed E-state index contributed by atoms with van der Waals surface area (Å²) in [6.07, 6.45) is 0.901. The van der Waals surface area contributed by atoms with Gasteiger partial charge in [0, 0.05) is 23.2 Å². The highest BCUT2D eigenvalue weighted by Gasteiger charge is 2.09. The number of halogens is 1. The third-order valence-electron chi connectivity index (χ3n) is 2.21. The third-order valence-corrected chi connectivity index (χ3v) is 2.43. The summed E-state index contributed by atoms with van der Waals surface area (Å²) in [6.45, 7) is 2.01. The van der Waals surface area contributed by atoms with Crippen LogP contribution >= 0.6 is 11.6 Å². The van der Waals surface area contributed by atoms with Crippen molar-refractivity contribution in [2.45, 2.75) is 13.0 Å². The zero-order chi connectivity index (χ0) is 12.0. The molecule has 5 heteroatoms. The number of hydrogen-bond acceptors (Lipinski definition) is 4. The highest BCUT2D eigenvalue weighted by Crippen LogP contribution is 2.33. The Bertz CT molecular complexity index is 345. The number of ether oxygens (including phenoxy) is 1. The van der Waals surface area contributed by atoms with Crippen molar-refractivity contribution in [1.82, 2.24) is 5.32 Å². The van der Waals surface area contributed by atoms with Gasteiger partial charge in [0.15, 0.2) is 11.5 Å². The third kappa shape index (κ3) is 3.56. The van der Waals surface area contributed by atoms with Crippen LogP contribution < -0.4 is 15.8 Å². The molecule has 0 aromatic heterocycles. The number of rotatable bonds is 6. The van der Waals surface area contributed by atoms with E-state index in [1.165, 1.54) is 7.11 Å². The molecule has 0 saturated carbocycles. The van der Waals surface area contributed by atoms with Crippen molar-refractivity contribution in [3.63, 3.8) is 0 Å². The normalized spacial score (nSPS) is 10.4. The van der Waals surface area contributed by atoms with Gasteiger partial charge in [0.25, 0.3) is 0 Å². The highest BCUT2D eigenvalue weighted by molar-refractivity contribution is 6.30. The van der Waals surface area contributed by atoms with E-state index in [2.05, 4.69) is 5.32 Å². The molecular weight excluding hydrogens is 228 g/mol. The van der Waals surface area contributed by atoms with Gasteiger partial charge in [-0.1, -0.05) is 11.6 Å². The van der Waals surface area contributed by atoms with Gasteiger partial charge in [0.2, 0.25) is 0 Å². The van der Waals surface area contributed by atoms with E-state index in [1.807, 2.05) is 0 Å². The van der Waals surface area contributed by atoms with Gasteiger partial charge >= 0.3 is 0 Å². The van der Waals surface area contributed by atoms with Crippen LogP contribution in [0.25, 0.3) is 0 Å². The van der Waals surface area contributed by atoms with Crippen molar-refractivity contribution in [2.24, 2.45) is 5.73 Å². The van der Waals surface area contributed by atoms with Gasteiger partial charge in [-0.2, -0.15) is 0 Å². The number of phenols is 1. The molecule has 1 rings (SSSR count). The number of benzene rings is 1. The Morgan fingerprint density at radius 3 is 2.88 bits per heavy atom. The molecule has 1 aromatic carbocycles. The second kappa shape index (κ2) is 6.58. The Kier molecular flexibility index (Phi) is 5.38. The van der Waals surface area contributed by atoms with Crippen LogP contribution in [-0.2, 0) is 6.54 Å². The molecule has 0 aliphatic rings. The first-order chi connectivity index (χ1) is 7.69. The molecule has 0 fully saturated rings. The van der Waals surface area contributed by atoms with E-state index in [0.717, 1.165) is 18.5 Å². The highest BCUT2D eigenvalue weighted by atomic mass is 35.5. The van der Waals surface area contributed by atoms with Crippen LogP contribution in [-0.4, -0.2) is 25.3 Å². The number of hydrogen-bond donors (Lipinski definition) is 3. The zero-order valence-corrected chi connectivity index (χ0v) is 10.0. The van der Waals surface area contributed by atoms with Crippen molar-refractivity contribution < 1.29 is 9.84 Å². The maximum absolute atomic E-state index is 9.82. The van der Waals surface area contributed by atoms with Crippen LogP contribution in [0.4, 0.5) is 0 Å². The summed E-state index contributed by atoms with van der Waals surface area (Å²) in [7, 11) is 1.50. The molecule has 0 radical (unpaired) electrons. The maximum atomic E-state index is 9.82. The summed E-state index contributed by atoms with van der Waals surface area (Å²) in [6, 6.07) is 3.30. The number of methoxy groups -OCH3 is 1. The number of nitrogens with one attached hydrogen (secondary N) is 1. The summed E-state index contributed by atoms with van der Waals surface area (Å²) in [5.41, 5.74) is 6.10. The fraction of sp³-hybridized carbons (Fsp3) is 0.455. The van der Waals surface area contributed by atoms with Crippen molar-refractivity contribution in [2.75, 3.05) is 20.2 Å². The minimum atomic E-state index is 0.132. The summed E-state index contributed by atoms with van der Waals surface area (Å²) >= 11 is 5.90. The predicted molar refractivity (Wildman–Crippen MR) is 65.0 cm³/mol. The average Bonchev–Trinajstić information content (AvgIpc) is 2.28. The van der Waals surface area contributed by atoms with E-state index in [0.29, 0.717) is 23.9 Å². The van der Waals surface area contributed by atoms with Crippen LogP contribution in [0.2, 0.25) is 5.02 Å². The summed E-state index contributed by atoms with van der Waals surface area (Å²) in [5, 5.41) is 13.5. The Morgan fingerprint density at radius 2 is 2.25 bits per heavy atom. The van der Waals surface area contributed by atoms with Gasteiger partial charge in [0.05, 0.1) is 7.11 Å². The minimum Gasteiger partial charge on any atom is -0.504 e. The molecule has 0 atom stereocenters. The zero-order valence-electron chi connectivity index (χ0n) is 9.29. The van der Waals surface area contributed by atoms with Gasteiger partial charge < -0.3 is 20.9 Å². The standard InChI is InChI=1S/C11H17ClN2O2/c1-16-10-6-9(12)5-8(11(10)15)7-14-4-2-3-13/h5-6,14-15H,2-4,7,13H2,1H3. The predicted octanol–water partition coefficient (Wildman–Crippen LogP) is 1.49. The first kappa shape index (κ1) is 13.1. The van der Waals surface area contributed by atoms with Crippen LogP contribution in [0, 0.1) is 0 Å². The van der Waals surface area contributed by atoms with Crippen LogP contribution in [0.15, 0.2) is 12.1 Å². The fourth-order valence-electron chi connectivity index (χ4n) is 1.37. The first-order valence-corrected chi connectivity index (χ1v) is 5.53. The molecule has 0 aliphatic heterocycles. The van der Waals surface area contributed by atoms with Crippen molar-refractivity contribution in [3.8, 4) is 11.5 Å². The molecule has 0 bridgehead atoms. The summed E-state index contributed by atoms with van der Waals surface area (Å²) in [5.74, 6) is 0.523. The first-order valence-electron chi connectivity index (χ1n) is 5.15. The van der Waals surface area contributed by atoms with Crippen molar-refractivity contribution in [3.05, 3.63) is 22.7 Å². The molecule has 0 aliphatic carbocycles. The lowest BCUT2D eigenvalue weighted by atomic mass is 10.2. The average molecular weight is 245 g/mol. The Hall–Kier alpha value is -0.970. The van der Waals surface area contributed by atoms with E-state index in [9.17, 15) is 5.11 Å². The number of phenolic OH excluding ortho intramolecular Hbond substituents is 1. The fourth-order valence-corrected chi connectivity index (χ4v) is 1.60. The lowest BCUT2D eigenvalue weighted by Gasteiger charge is -2.10. The van der Waals surface area contributed by atoms with Gasteiger partial charge in [-0.25, -0.2) is 0 Å². The molecule has 0 spiro atoms. The molecule has 4 nitrogen and oxygen atoms in total. The lowest BCUT2D eigenvalue weighted by molar-refractivity contribution is 0.369. The van der Waals surface area contributed by atoms with E-state index in [4.69, 9.17) is 22.1 Å². The SMILES string of the molecule is COc1cc(Cl)cc(CNCCCN)c1O. The quantitative estimate of drug-likeness (QED) is 0.664. The topological polar surface area (TPSA) is 67.5 Å². The largest absolute Gasteiger partial charge is 0.504 e. The van der Waals surface area contributed by atoms with Gasteiger partial charge in [-0.05, 0) is 25.6 Å². The van der Waals surface area contributed by atoms with E-state index in [-0.39, 0.29) is 5.75 Å². The minimum absolute atomic E-state index is 0.132. The molecule has 0 saturated heterocycles. The molecule has 1 aromatic rings.